The molecule has 6 nitrogen and oxygen atoms in total. The third-order valence-corrected chi connectivity index (χ3v) is 6.35. The Balaban J connectivity index is 1.45. The first-order valence-corrected chi connectivity index (χ1v) is 10.8. The molecular weight excluding hydrogens is 453 g/mol. The van der Waals surface area contributed by atoms with E-state index in [4.69, 9.17) is 0 Å². The molecule has 2 aromatic heterocycles. The molecule has 1 N–H and O–H groups in total. The maximum absolute atomic E-state index is 12.7. The van der Waals surface area contributed by atoms with Crippen LogP contribution in [-0.4, -0.2) is 27.6 Å². The average molecular weight is 472 g/mol. The van der Waals surface area contributed by atoms with Gasteiger partial charge in [0, 0.05) is 39.7 Å². The van der Waals surface area contributed by atoms with Gasteiger partial charge in [0.2, 0.25) is 5.82 Å². The summed E-state index contributed by atoms with van der Waals surface area (Å²) in [4.78, 5) is 21.6. The van der Waals surface area contributed by atoms with Gasteiger partial charge < -0.3 is 9.84 Å². The predicted octanol–water partition coefficient (Wildman–Crippen LogP) is 5.59. The summed E-state index contributed by atoms with van der Waals surface area (Å²) in [6, 6.07) is 15.9. The maximum atomic E-state index is 12.7. The number of carbonyl (C=O) groups excluding carboxylic acids is 1. The number of nitrogens with one attached hydrogen (secondary N) is 1. The van der Waals surface area contributed by atoms with Crippen molar-refractivity contribution in [2.24, 2.45) is 0 Å². The summed E-state index contributed by atoms with van der Waals surface area (Å²) in [5.41, 5.74) is 1.17. The van der Waals surface area contributed by atoms with Gasteiger partial charge in [0.25, 0.3) is 5.91 Å². The minimum Gasteiger partial charge on any atom is -0.351 e. The zero-order valence-electron chi connectivity index (χ0n) is 17.7. The lowest BCUT2D eigenvalue weighted by Gasteiger charge is -2.23. The highest BCUT2D eigenvalue weighted by atomic mass is 32.1. The molecule has 0 unspecified atom stereocenters. The van der Waals surface area contributed by atoms with E-state index in [9.17, 15) is 18.0 Å². The fourth-order valence-electron chi connectivity index (χ4n) is 3.05. The normalized spacial score (nSPS) is 12.0. The lowest BCUT2D eigenvalue weighted by atomic mass is 9.92. The highest BCUT2D eigenvalue weighted by molar-refractivity contribution is 7.15. The standard InChI is InChI=1S/C23H19F3N4O2S/c1-22(2,17-12-27-20(33-17)14-7-4-3-5-8-14)13-28-19(31)16-10-6-9-15(11-16)18-29-21(32-30-18)23(24,25)26/h3-12H,13H2,1-2H3,(H,28,31). The molecule has 1 amide bonds. The van der Waals surface area contributed by atoms with Crippen molar-refractivity contribution in [1.29, 1.82) is 0 Å². The number of hydrogen-bond acceptors (Lipinski definition) is 6. The molecule has 0 fully saturated rings. The van der Waals surface area contributed by atoms with Gasteiger partial charge in [-0.1, -0.05) is 61.5 Å². The highest BCUT2D eigenvalue weighted by Gasteiger charge is 2.38. The van der Waals surface area contributed by atoms with Gasteiger partial charge in [-0.25, -0.2) is 4.98 Å². The Morgan fingerprint density at radius 1 is 1.06 bits per heavy atom. The predicted molar refractivity (Wildman–Crippen MR) is 118 cm³/mol. The third-order valence-electron chi connectivity index (χ3n) is 4.94. The van der Waals surface area contributed by atoms with Crippen LogP contribution in [0.1, 0.15) is 35.0 Å². The second-order valence-corrected chi connectivity index (χ2v) is 8.99. The molecule has 33 heavy (non-hydrogen) atoms. The van der Waals surface area contributed by atoms with E-state index in [0.717, 1.165) is 15.4 Å². The van der Waals surface area contributed by atoms with Crippen molar-refractivity contribution in [3.8, 4) is 22.0 Å². The first kappa shape index (κ1) is 22.7. The van der Waals surface area contributed by atoms with Gasteiger partial charge in [-0.3, -0.25) is 4.79 Å². The van der Waals surface area contributed by atoms with Gasteiger partial charge in [-0.15, -0.1) is 11.3 Å². The van der Waals surface area contributed by atoms with E-state index in [1.54, 1.807) is 23.5 Å². The number of amides is 1. The Morgan fingerprint density at radius 3 is 2.48 bits per heavy atom. The van der Waals surface area contributed by atoms with Gasteiger partial charge in [0.15, 0.2) is 0 Å². The van der Waals surface area contributed by atoms with E-state index < -0.39 is 12.1 Å². The molecule has 10 heteroatoms. The van der Waals surface area contributed by atoms with Crippen LogP contribution >= 0.6 is 11.3 Å². The monoisotopic (exact) mass is 472 g/mol. The van der Waals surface area contributed by atoms with Crippen LogP contribution in [0.2, 0.25) is 0 Å². The van der Waals surface area contributed by atoms with E-state index in [2.05, 4.69) is 25.0 Å². The van der Waals surface area contributed by atoms with Crippen LogP contribution in [0, 0.1) is 0 Å². The number of hydrogen-bond donors (Lipinski definition) is 1. The maximum Gasteiger partial charge on any atom is 0.471 e. The number of aromatic nitrogens is 3. The Kier molecular flexibility index (Phi) is 6.03. The summed E-state index contributed by atoms with van der Waals surface area (Å²) < 4.78 is 42.4. The summed E-state index contributed by atoms with van der Waals surface area (Å²) in [7, 11) is 0. The van der Waals surface area contributed by atoms with Crippen LogP contribution in [0.5, 0.6) is 0 Å². The number of halogens is 3. The third kappa shape index (κ3) is 5.11. The van der Waals surface area contributed by atoms with E-state index >= 15 is 0 Å². The number of rotatable bonds is 6. The van der Waals surface area contributed by atoms with Crippen molar-refractivity contribution in [3.63, 3.8) is 0 Å². The van der Waals surface area contributed by atoms with E-state index in [1.807, 2.05) is 50.4 Å². The number of thiazole rings is 1. The zero-order valence-corrected chi connectivity index (χ0v) is 18.5. The molecule has 0 spiro atoms. The molecule has 4 rings (SSSR count). The number of alkyl halides is 3. The smallest absolute Gasteiger partial charge is 0.351 e. The van der Waals surface area contributed by atoms with Crippen molar-refractivity contribution >= 4 is 17.2 Å². The molecular formula is C23H19F3N4O2S. The molecule has 0 aliphatic heterocycles. The average Bonchev–Trinajstić information content (AvgIpc) is 3.49. The lowest BCUT2D eigenvalue weighted by molar-refractivity contribution is -0.159. The van der Waals surface area contributed by atoms with Crippen LogP contribution < -0.4 is 5.32 Å². The van der Waals surface area contributed by atoms with Crippen molar-refractivity contribution in [2.45, 2.75) is 25.4 Å². The van der Waals surface area contributed by atoms with E-state index in [1.165, 1.54) is 12.1 Å². The molecule has 0 aliphatic carbocycles. The van der Waals surface area contributed by atoms with E-state index in [-0.39, 0.29) is 28.3 Å². The molecule has 0 radical (unpaired) electrons. The topological polar surface area (TPSA) is 80.9 Å². The number of nitrogens with zero attached hydrogens (tertiary/aromatic N) is 3. The quantitative estimate of drug-likeness (QED) is 0.396. The Hall–Kier alpha value is -3.53. The van der Waals surface area contributed by atoms with Crippen LogP contribution in [-0.2, 0) is 11.6 Å². The summed E-state index contributed by atoms with van der Waals surface area (Å²) in [5, 5.41) is 7.15. The minimum atomic E-state index is -4.73. The molecule has 4 aromatic rings. The summed E-state index contributed by atoms with van der Waals surface area (Å²) >= 11 is 1.56. The summed E-state index contributed by atoms with van der Waals surface area (Å²) in [6.45, 7) is 4.35. The lowest BCUT2D eigenvalue weighted by Crippen LogP contribution is -2.36. The van der Waals surface area contributed by atoms with Crippen molar-refractivity contribution < 1.29 is 22.5 Å². The summed E-state index contributed by atoms with van der Waals surface area (Å²) in [6.07, 6.45) is -2.92. The Morgan fingerprint density at radius 2 is 1.79 bits per heavy atom. The molecule has 0 saturated heterocycles. The molecule has 2 heterocycles. The Bertz CT molecular complexity index is 1270. The second kappa shape index (κ2) is 8.78. The largest absolute Gasteiger partial charge is 0.471 e. The van der Waals surface area contributed by atoms with Crippen LogP contribution in [0.25, 0.3) is 22.0 Å². The van der Waals surface area contributed by atoms with Crippen molar-refractivity contribution in [1.82, 2.24) is 20.4 Å². The minimum absolute atomic E-state index is 0.240. The van der Waals surface area contributed by atoms with Gasteiger partial charge in [-0.2, -0.15) is 18.2 Å². The van der Waals surface area contributed by atoms with Gasteiger partial charge in [0.05, 0.1) is 0 Å². The molecule has 0 saturated carbocycles. The molecule has 2 aromatic carbocycles. The fourth-order valence-corrected chi connectivity index (χ4v) is 4.07. The summed E-state index contributed by atoms with van der Waals surface area (Å²) in [5.74, 6) is -2.04. The van der Waals surface area contributed by atoms with Crippen molar-refractivity contribution in [3.05, 3.63) is 77.1 Å². The zero-order chi connectivity index (χ0) is 23.6. The van der Waals surface area contributed by atoms with Crippen LogP contribution in [0.4, 0.5) is 13.2 Å². The second-order valence-electron chi connectivity index (χ2n) is 7.96. The van der Waals surface area contributed by atoms with Crippen LogP contribution in [0.3, 0.4) is 0 Å². The van der Waals surface area contributed by atoms with Crippen LogP contribution in [0.15, 0.2) is 65.3 Å². The number of carbonyl (C=O) groups is 1. The molecule has 170 valence electrons. The SMILES string of the molecule is CC(C)(CNC(=O)c1cccc(-c2noc(C(F)(F)F)n2)c1)c1cnc(-c2ccccc2)s1. The first-order valence-electron chi connectivity index (χ1n) is 9.95. The first-order chi connectivity index (χ1) is 15.6. The molecule has 0 bridgehead atoms. The highest BCUT2D eigenvalue weighted by Crippen LogP contribution is 2.33. The van der Waals surface area contributed by atoms with Gasteiger partial charge in [0.1, 0.15) is 5.01 Å². The fraction of sp³-hybridized carbons (Fsp3) is 0.217. The Labute approximate surface area is 191 Å². The molecule has 0 aliphatic rings. The van der Waals surface area contributed by atoms with E-state index in [0.29, 0.717) is 6.54 Å². The molecule has 0 atom stereocenters. The van der Waals surface area contributed by atoms with Crippen molar-refractivity contribution in [2.75, 3.05) is 6.54 Å². The van der Waals surface area contributed by atoms with Gasteiger partial charge in [-0.05, 0) is 12.1 Å². The van der Waals surface area contributed by atoms with Gasteiger partial charge >= 0.3 is 12.1 Å². The number of benzene rings is 2.